The molecular weight excluding hydrogens is 300 g/mol. The molecule has 0 unspecified atom stereocenters. The van der Waals surface area contributed by atoms with Gasteiger partial charge in [-0.25, -0.2) is 15.0 Å². The summed E-state index contributed by atoms with van der Waals surface area (Å²) >= 11 is 3.55. The van der Waals surface area contributed by atoms with Crippen LogP contribution in [0, 0.1) is 6.92 Å². The average molecular weight is 316 g/mol. The van der Waals surface area contributed by atoms with Crippen LogP contribution in [0.2, 0.25) is 0 Å². The molecule has 3 aromatic heterocycles. The van der Waals surface area contributed by atoms with E-state index in [0.29, 0.717) is 0 Å². The lowest BCUT2D eigenvalue weighted by atomic mass is 10.2. The summed E-state index contributed by atoms with van der Waals surface area (Å²) in [6, 6.07) is 0. The van der Waals surface area contributed by atoms with Crippen LogP contribution in [0.4, 0.5) is 5.82 Å². The van der Waals surface area contributed by atoms with Gasteiger partial charge in [-0.05, 0) is 31.7 Å². The highest BCUT2D eigenvalue weighted by atomic mass is 32.1. The zero-order valence-electron chi connectivity index (χ0n) is 12.1. The number of hydrogen-bond acceptors (Lipinski definition) is 6. The lowest BCUT2D eigenvalue weighted by Gasteiger charge is -2.17. The Morgan fingerprint density at radius 1 is 1.29 bits per heavy atom. The van der Waals surface area contributed by atoms with E-state index in [2.05, 4.69) is 32.3 Å². The van der Waals surface area contributed by atoms with Crippen molar-refractivity contribution in [1.82, 2.24) is 15.0 Å². The number of rotatable bonds is 3. The second-order valence-corrected chi connectivity index (χ2v) is 7.50. The summed E-state index contributed by atoms with van der Waals surface area (Å²) < 4.78 is 0. The van der Waals surface area contributed by atoms with Gasteiger partial charge in [0.1, 0.15) is 22.0 Å². The monoisotopic (exact) mass is 316 g/mol. The summed E-state index contributed by atoms with van der Waals surface area (Å²) in [6.07, 6.45) is 5.32. The van der Waals surface area contributed by atoms with Crippen molar-refractivity contribution in [3.05, 3.63) is 32.8 Å². The van der Waals surface area contributed by atoms with Gasteiger partial charge in [0, 0.05) is 23.0 Å². The van der Waals surface area contributed by atoms with Crippen molar-refractivity contribution in [3.63, 3.8) is 0 Å². The maximum absolute atomic E-state index is 4.56. The quantitative estimate of drug-likeness (QED) is 0.740. The fraction of sp³-hybridized carbons (Fsp3) is 0.400. The number of thiazole rings is 1. The molecule has 0 N–H and O–H groups in total. The molecule has 0 fully saturated rings. The van der Waals surface area contributed by atoms with E-state index in [1.54, 1.807) is 17.7 Å². The molecule has 0 saturated heterocycles. The molecule has 0 amide bonds. The fourth-order valence-electron chi connectivity index (χ4n) is 2.95. The van der Waals surface area contributed by atoms with E-state index in [1.807, 2.05) is 18.3 Å². The molecule has 21 heavy (non-hydrogen) atoms. The first-order valence-electron chi connectivity index (χ1n) is 7.10. The summed E-state index contributed by atoms with van der Waals surface area (Å²) in [6.45, 7) is 2.84. The summed E-state index contributed by atoms with van der Waals surface area (Å²) in [5.74, 6) is 1.05. The molecule has 3 heterocycles. The highest BCUT2D eigenvalue weighted by Crippen LogP contribution is 2.40. The van der Waals surface area contributed by atoms with Crippen LogP contribution in [-0.4, -0.2) is 22.0 Å². The zero-order valence-corrected chi connectivity index (χ0v) is 13.7. The van der Waals surface area contributed by atoms with E-state index in [4.69, 9.17) is 0 Å². The SMILES string of the molecule is Cc1csc(CN(C)c2ncnc3sc4c(c23)CCC4)n1. The first kappa shape index (κ1) is 13.2. The van der Waals surface area contributed by atoms with Gasteiger partial charge >= 0.3 is 0 Å². The number of hydrogen-bond donors (Lipinski definition) is 0. The fourth-order valence-corrected chi connectivity index (χ4v) is 5.00. The minimum atomic E-state index is 0.801. The van der Waals surface area contributed by atoms with Gasteiger partial charge < -0.3 is 4.90 Å². The molecule has 6 heteroatoms. The van der Waals surface area contributed by atoms with E-state index < -0.39 is 0 Å². The minimum Gasteiger partial charge on any atom is -0.352 e. The number of thiophene rings is 1. The molecule has 1 aliphatic carbocycles. The summed E-state index contributed by atoms with van der Waals surface area (Å²) in [5, 5.41) is 4.50. The Labute approximate surface area is 131 Å². The molecular formula is C15H16N4S2. The van der Waals surface area contributed by atoms with Crippen LogP contribution in [0.15, 0.2) is 11.7 Å². The van der Waals surface area contributed by atoms with Crippen LogP contribution in [0.5, 0.6) is 0 Å². The van der Waals surface area contributed by atoms with Crippen LogP contribution in [0.3, 0.4) is 0 Å². The third-order valence-electron chi connectivity index (χ3n) is 3.88. The number of aromatic nitrogens is 3. The second-order valence-electron chi connectivity index (χ2n) is 5.47. The smallest absolute Gasteiger partial charge is 0.141 e. The van der Waals surface area contributed by atoms with Gasteiger partial charge in [-0.15, -0.1) is 22.7 Å². The summed E-state index contributed by atoms with van der Waals surface area (Å²) in [7, 11) is 2.09. The van der Waals surface area contributed by atoms with E-state index in [1.165, 1.54) is 35.1 Å². The highest BCUT2D eigenvalue weighted by Gasteiger charge is 2.22. The number of fused-ring (bicyclic) bond motifs is 3. The van der Waals surface area contributed by atoms with Crippen LogP contribution in [0.25, 0.3) is 10.2 Å². The summed E-state index contributed by atoms with van der Waals surface area (Å²) in [5.41, 5.74) is 2.57. The maximum atomic E-state index is 4.56. The maximum Gasteiger partial charge on any atom is 0.141 e. The van der Waals surface area contributed by atoms with Crippen molar-refractivity contribution in [2.45, 2.75) is 32.7 Å². The molecule has 0 atom stereocenters. The van der Waals surface area contributed by atoms with Crippen molar-refractivity contribution >= 4 is 38.7 Å². The Morgan fingerprint density at radius 2 is 2.19 bits per heavy atom. The zero-order chi connectivity index (χ0) is 14.4. The van der Waals surface area contributed by atoms with Crippen molar-refractivity contribution < 1.29 is 0 Å². The van der Waals surface area contributed by atoms with Crippen LogP contribution < -0.4 is 4.90 Å². The molecule has 0 saturated carbocycles. The second kappa shape index (κ2) is 5.03. The molecule has 4 nitrogen and oxygen atoms in total. The highest BCUT2D eigenvalue weighted by molar-refractivity contribution is 7.19. The van der Waals surface area contributed by atoms with Gasteiger partial charge in [-0.3, -0.25) is 0 Å². The lowest BCUT2D eigenvalue weighted by molar-refractivity contribution is 0.883. The normalized spacial score (nSPS) is 13.8. The molecule has 4 rings (SSSR count). The number of aryl methyl sites for hydroxylation is 3. The Morgan fingerprint density at radius 3 is 3.00 bits per heavy atom. The van der Waals surface area contributed by atoms with Gasteiger partial charge in [0.2, 0.25) is 0 Å². The third-order valence-corrected chi connectivity index (χ3v) is 6.03. The topological polar surface area (TPSA) is 41.9 Å². The van der Waals surface area contributed by atoms with Crippen LogP contribution in [0.1, 0.15) is 27.6 Å². The number of nitrogens with zero attached hydrogens (tertiary/aromatic N) is 4. The van der Waals surface area contributed by atoms with Crippen molar-refractivity contribution in [2.24, 2.45) is 0 Å². The van der Waals surface area contributed by atoms with Gasteiger partial charge in [0.05, 0.1) is 11.9 Å². The molecule has 0 aromatic carbocycles. The molecule has 1 aliphatic rings. The number of anilines is 1. The Balaban J connectivity index is 1.75. The first-order valence-corrected chi connectivity index (χ1v) is 8.79. The molecule has 0 radical (unpaired) electrons. The molecule has 0 aliphatic heterocycles. The molecule has 3 aromatic rings. The van der Waals surface area contributed by atoms with E-state index in [9.17, 15) is 0 Å². The first-order chi connectivity index (χ1) is 10.2. The van der Waals surface area contributed by atoms with Gasteiger partial charge in [-0.2, -0.15) is 0 Å². The largest absolute Gasteiger partial charge is 0.352 e. The summed E-state index contributed by atoms with van der Waals surface area (Å²) in [4.78, 5) is 18.4. The molecule has 0 bridgehead atoms. The van der Waals surface area contributed by atoms with E-state index in [-0.39, 0.29) is 0 Å². The standard InChI is InChI=1S/C15H16N4S2/c1-9-7-20-12(18-9)6-19(2)14-13-10-4-3-5-11(10)21-15(13)17-8-16-14/h7-8H,3-6H2,1-2H3. The van der Waals surface area contributed by atoms with Gasteiger partial charge in [-0.1, -0.05) is 0 Å². The van der Waals surface area contributed by atoms with Crippen molar-refractivity contribution in [3.8, 4) is 0 Å². The third kappa shape index (κ3) is 2.22. The van der Waals surface area contributed by atoms with Crippen LogP contribution >= 0.6 is 22.7 Å². The molecule has 0 spiro atoms. The van der Waals surface area contributed by atoms with Gasteiger partial charge in [0.25, 0.3) is 0 Å². The minimum absolute atomic E-state index is 0.801. The predicted octanol–water partition coefficient (Wildman–Crippen LogP) is 3.58. The van der Waals surface area contributed by atoms with E-state index in [0.717, 1.165) is 27.9 Å². The van der Waals surface area contributed by atoms with Crippen molar-refractivity contribution in [2.75, 3.05) is 11.9 Å². The predicted molar refractivity (Wildman–Crippen MR) is 88.4 cm³/mol. The van der Waals surface area contributed by atoms with Crippen LogP contribution in [-0.2, 0) is 19.4 Å². The average Bonchev–Trinajstić information content (AvgIpc) is 3.13. The van der Waals surface area contributed by atoms with Crippen molar-refractivity contribution in [1.29, 1.82) is 0 Å². The lowest BCUT2D eigenvalue weighted by Crippen LogP contribution is -2.18. The Bertz CT molecular complexity index is 805. The van der Waals surface area contributed by atoms with Gasteiger partial charge in [0.15, 0.2) is 0 Å². The molecule has 108 valence electrons. The Hall–Kier alpha value is -1.53. The van der Waals surface area contributed by atoms with E-state index >= 15 is 0 Å². The Kier molecular flexibility index (Phi) is 3.15.